The lowest BCUT2D eigenvalue weighted by atomic mass is 10.1. The van der Waals surface area contributed by atoms with Crippen molar-refractivity contribution in [2.24, 2.45) is 0 Å². The molecule has 0 aliphatic rings. The minimum atomic E-state index is 0.0867. The van der Waals surface area contributed by atoms with Crippen molar-refractivity contribution < 1.29 is 4.74 Å². The van der Waals surface area contributed by atoms with Gasteiger partial charge in [0.1, 0.15) is 0 Å². The van der Waals surface area contributed by atoms with Crippen LogP contribution < -0.4 is 10.1 Å². The molecule has 70 valence electrons. The van der Waals surface area contributed by atoms with E-state index < -0.39 is 0 Å². The van der Waals surface area contributed by atoms with Gasteiger partial charge in [0.15, 0.2) is 0 Å². The summed E-state index contributed by atoms with van der Waals surface area (Å²) in [4.78, 5) is 4.10. The van der Waals surface area contributed by atoms with Crippen LogP contribution in [0.1, 0.15) is 11.6 Å². The molecule has 0 spiro atoms. The van der Waals surface area contributed by atoms with Crippen LogP contribution in [0.5, 0.6) is 5.88 Å². The van der Waals surface area contributed by atoms with Gasteiger partial charge in [-0.3, -0.25) is 0 Å². The smallest absolute Gasteiger partial charge is 0.218 e. The van der Waals surface area contributed by atoms with Gasteiger partial charge in [0.2, 0.25) is 5.88 Å². The molecule has 0 bridgehead atoms. The predicted molar refractivity (Wildman–Crippen MR) is 52.8 cm³/mol. The van der Waals surface area contributed by atoms with Crippen molar-refractivity contribution >= 4 is 0 Å². The van der Waals surface area contributed by atoms with Crippen LogP contribution in [-0.4, -0.2) is 19.1 Å². The number of nitrogens with zero attached hydrogens (tertiary/aromatic N) is 1. The Kier molecular flexibility index (Phi) is 3.46. The largest absolute Gasteiger partial charge is 0.481 e. The summed E-state index contributed by atoms with van der Waals surface area (Å²) in [6.07, 6.45) is 3.53. The van der Waals surface area contributed by atoms with Gasteiger partial charge in [-0.05, 0) is 13.1 Å². The number of ether oxygens (including phenoxy) is 1. The van der Waals surface area contributed by atoms with Crippen molar-refractivity contribution in [3.05, 3.63) is 36.5 Å². The van der Waals surface area contributed by atoms with Gasteiger partial charge in [0.25, 0.3) is 0 Å². The third kappa shape index (κ3) is 2.06. The lowest BCUT2D eigenvalue weighted by Crippen LogP contribution is -2.14. The summed E-state index contributed by atoms with van der Waals surface area (Å²) in [5.74, 6) is 0.641. The van der Waals surface area contributed by atoms with Gasteiger partial charge in [0.05, 0.1) is 13.2 Å². The average Bonchev–Trinajstić information content (AvgIpc) is 2.20. The number of pyridine rings is 1. The Balaban J connectivity index is 3.03. The predicted octanol–water partition coefficient (Wildman–Crippen LogP) is 1.54. The molecule has 0 amide bonds. The molecule has 0 aromatic carbocycles. The first-order valence-corrected chi connectivity index (χ1v) is 4.12. The molecule has 1 N–H and O–H groups in total. The number of hydrogen-bond acceptors (Lipinski definition) is 3. The maximum absolute atomic E-state index is 5.13. The molecule has 1 aromatic heterocycles. The molecule has 1 unspecified atom stereocenters. The van der Waals surface area contributed by atoms with E-state index in [2.05, 4.69) is 16.9 Å². The van der Waals surface area contributed by atoms with Crippen molar-refractivity contribution in [2.45, 2.75) is 6.04 Å². The van der Waals surface area contributed by atoms with Crippen molar-refractivity contribution in [1.29, 1.82) is 0 Å². The minimum Gasteiger partial charge on any atom is -0.481 e. The van der Waals surface area contributed by atoms with E-state index in [1.165, 1.54) is 0 Å². The fourth-order valence-electron chi connectivity index (χ4n) is 1.21. The number of methoxy groups -OCH3 is 1. The Labute approximate surface area is 78.4 Å². The highest BCUT2D eigenvalue weighted by atomic mass is 16.5. The molecule has 1 atom stereocenters. The van der Waals surface area contributed by atoms with Crippen LogP contribution in [0.4, 0.5) is 0 Å². The van der Waals surface area contributed by atoms with E-state index in [0.717, 1.165) is 5.56 Å². The zero-order chi connectivity index (χ0) is 9.68. The van der Waals surface area contributed by atoms with E-state index in [9.17, 15) is 0 Å². The number of rotatable bonds is 4. The highest BCUT2D eigenvalue weighted by Crippen LogP contribution is 2.22. The monoisotopic (exact) mass is 178 g/mol. The number of nitrogens with one attached hydrogen (secondary N) is 1. The number of aromatic nitrogens is 1. The topological polar surface area (TPSA) is 34.2 Å². The zero-order valence-corrected chi connectivity index (χ0v) is 7.95. The number of likely N-dealkylation sites (N-methyl/N-ethyl adjacent to an activating group) is 1. The van der Waals surface area contributed by atoms with Crippen molar-refractivity contribution in [3.8, 4) is 5.88 Å². The normalized spacial score (nSPS) is 12.2. The Morgan fingerprint density at radius 1 is 1.69 bits per heavy atom. The van der Waals surface area contributed by atoms with Gasteiger partial charge in [0, 0.05) is 11.8 Å². The SMILES string of the molecule is C=CC(NC)c1cccnc1OC. The van der Waals surface area contributed by atoms with Crippen LogP contribution in [-0.2, 0) is 0 Å². The highest BCUT2D eigenvalue weighted by molar-refractivity contribution is 5.31. The summed E-state index contributed by atoms with van der Waals surface area (Å²) in [5.41, 5.74) is 1.00. The Bertz CT molecular complexity index is 286. The van der Waals surface area contributed by atoms with E-state index in [-0.39, 0.29) is 6.04 Å². The molecule has 0 radical (unpaired) electrons. The van der Waals surface area contributed by atoms with Gasteiger partial charge < -0.3 is 10.1 Å². The second-order valence-corrected chi connectivity index (χ2v) is 2.60. The molecule has 1 aromatic rings. The summed E-state index contributed by atoms with van der Waals surface area (Å²) >= 11 is 0. The van der Waals surface area contributed by atoms with Crippen LogP contribution in [0.2, 0.25) is 0 Å². The maximum atomic E-state index is 5.13. The second kappa shape index (κ2) is 4.62. The molecule has 1 rings (SSSR count). The first-order valence-electron chi connectivity index (χ1n) is 4.12. The summed E-state index contributed by atoms with van der Waals surface area (Å²) in [7, 11) is 3.49. The lowest BCUT2D eigenvalue weighted by molar-refractivity contribution is 0.389. The fraction of sp³-hybridized carbons (Fsp3) is 0.300. The summed E-state index contributed by atoms with van der Waals surface area (Å²) < 4.78 is 5.13. The van der Waals surface area contributed by atoms with Crippen LogP contribution in [0.15, 0.2) is 31.0 Å². The van der Waals surface area contributed by atoms with Crippen LogP contribution in [0.3, 0.4) is 0 Å². The van der Waals surface area contributed by atoms with Gasteiger partial charge in [-0.2, -0.15) is 0 Å². The van der Waals surface area contributed by atoms with Crippen molar-refractivity contribution in [3.63, 3.8) is 0 Å². The molecule has 0 aliphatic carbocycles. The number of hydrogen-bond donors (Lipinski definition) is 1. The fourth-order valence-corrected chi connectivity index (χ4v) is 1.21. The van der Waals surface area contributed by atoms with Gasteiger partial charge in [-0.25, -0.2) is 4.98 Å². The highest BCUT2D eigenvalue weighted by Gasteiger charge is 2.10. The van der Waals surface area contributed by atoms with Gasteiger partial charge in [-0.15, -0.1) is 6.58 Å². The van der Waals surface area contributed by atoms with Crippen molar-refractivity contribution in [2.75, 3.05) is 14.2 Å². The van der Waals surface area contributed by atoms with E-state index in [1.54, 1.807) is 13.3 Å². The Morgan fingerprint density at radius 3 is 3.00 bits per heavy atom. The van der Waals surface area contributed by atoms with Crippen molar-refractivity contribution in [1.82, 2.24) is 10.3 Å². The minimum absolute atomic E-state index is 0.0867. The Morgan fingerprint density at radius 2 is 2.46 bits per heavy atom. The third-order valence-corrected chi connectivity index (χ3v) is 1.88. The van der Waals surface area contributed by atoms with Gasteiger partial charge in [-0.1, -0.05) is 12.1 Å². The van der Waals surface area contributed by atoms with Crippen LogP contribution >= 0.6 is 0 Å². The van der Waals surface area contributed by atoms with E-state index >= 15 is 0 Å². The average molecular weight is 178 g/mol. The Hall–Kier alpha value is -1.35. The van der Waals surface area contributed by atoms with Crippen LogP contribution in [0, 0.1) is 0 Å². The molecule has 1 heterocycles. The first kappa shape index (κ1) is 9.74. The summed E-state index contributed by atoms with van der Waals surface area (Å²) in [5, 5.41) is 3.10. The molecular formula is C10H14N2O. The zero-order valence-electron chi connectivity index (χ0n) is 7.95. The molecule has 0 saturated heterocycles. The summed E-state index contributed by atoms with van der Waals surface area (Å²) in [6, 6.07) is 3.93. The third-order valence-electron chi connectivity index (χ3n) is 1.88. The lowest BCUT2D eigenvalue weighted by Gasteiger charge is -2.13. The standard InChI is InChI=1S/C10H14N2O/c1-4-9(11-2)8-6-5-7-12-10(8)13-3/h4-7,9,11H,1H2,2-3H3. The molecule has 0 fully saturated rings. The quantitative estimate of drug-likeness (QED) is 0.710. The van der Waals surface area contributed by atoms with E-state index in [4.69, 9.17) is 4.74 Å². The van der Waals surface area contributed by atoms with E-state index in [0.29, 0.717) is 5.88 Å². The molecule has 3 heteroatoms. The second-order valence-electron chi connectivity index (χ2n) is 2.60. The molecule has 13 heavy (non-hydrogen) atoms. The van der Waals surface area contributed by atoms with Crippen LogP contribution in [0.25, 0.3) is 0 Å². The molecule has 0 saturated carbocycles. The van der Waals surface area contributed by atoms with E-state index in [1.807, 2.05) is 25.3 Å². The summed E-state index contributed by atoms with van der Waals surface area (Å²) in [6.45, 7) is 3.74. The maximum Gasteiger partial charge on any atom is 0.218 e. The van der Waals surface area contributed by atoms with Gasteiger partial charge >= 0.3 is 0 Å². The molecular weight excluding hydrogens is 164 g/mol. The first-order chi connectivity index (χ1) is 6.33. The molecule has 0 aliphatic heterocycles. The molecule has 3 nitrogen and oxygen atoms in total.